The molecule has 0 spiro atoms. The summed E-state index contributed by atoms with van der Waals surface area (Å²) in [5.74, 6) is 0. The summed E-state index contributed by atoms with van der Waals surface area (Å²) in [5, 5.41) is 6.20. The van der Waals surface area contributed by atoms with Crippen molar-refractivity contribution in [1.29, 1.82) is 0 Å². The molecule has 2 N–H and O–H groups in total. The maximum absolute atomic E-state index is 11.4. The molecule has 0 fully saturated rings. The van der Waals surface area contributed by atoms with E-state index in [9.17, 15) is 4.79 Å². The minimum atomic E-state index is -0.129. The lowest BCUT2D eigenvalue weighted by Gasteiger charge is -2.05. The van der Waals surface area contributed by atoms with Gasteiger partial charge in [-0.25, -0.2) is 4.68 Å². The molecule has 0 saturated heterocycles. The summed E-state index contributed by atoms with van der Waals surface area (Å²) in [6.45, 7) is 0.330. The van der Waals surface area contributed by atoms with Crippen molar-refractivity contribution in [3.8, 4) is 10.6 Å². The minimum absolute atomic E-state index is 0.129. The van der Waals surface area contributed by atoms with Crippen molar-refractivity contribution in [1.82, 2.24) is 9.78 Å². The van der Waals surface area contributed by atoms with Crippen LogP contribution in [0.4, 0.5) is 0 Å². The third-order valence-corrected chi connectivity index (χ3v) is 3.02. The molecule has 0 saturated carbocycles. The average Bonchev–Trinajstić information content (AvgIpc) is 2.74. The highest BCUT2D eigenvalue weighted by molar-refractivity contribution is 7.13. The van der Waals surface area contributed by atoms with E-state index in [4.69, 9.17) is 5.73 Å². The highest BCUT2D eigenvalue weighted by atomic mass is 32.1. The Labute approximate surface area is 91.0 Å². The first-order valence-corrected chi connectivity index (χ1v) is 5.41. The molecule has 2 heterocycles. The molecule has 0 unspecified atom stereocenters. The predicted octanol–water partition coefficient (Wildman–Crippen LogP) is 0.968. The molecule has 78 valence electrons. The first-order chi connectivity index (χ1) is 7.22. The molecule has 0 aromatic carbocycles. The van der Waals surface area contributed by atoms with Gasteiger partial charge in [-0.3, -0.25) is 4.79 Å². The number of rotatable bonds is 2. The van der Waals surface area contributed by atoms with Crippen molar-refractivity contribution < 1.29 is 0 Å². The third kappa shape index (κ3) is 1.84. The van der Waals surface area contributed by atoms with Crippen LogP contribution in [0.1, 0.15) is 5.56 Å². The number of nitrogens with zero attached hydrogens (tertiary/aromatic N) is 2. The fourth-order valence-electron chi connectivity index (χ4n) is 1.35. The third-order valence-electron chi connectivity index (χ3n) is 2.15. The van der Waals surface area contributed by atoms with Crippen LogP contribution in [0.25, 0.3) is 10.6 Å². The van der Waals surface area contributed by atoms with Crippen molar-refractivity contribution in [2.24, 2.45) is 12.8 Å². The Kier molecular flexibility index (Phi) is 2.66. The maximum Gasteiger partial charge on any atom is 0.266 e. The molecule has 0 amide bonds. The molecule has 15 heavy (non-hydrogen) atoms. The van der Waals surface area contributed by atoms with Crippen LogP contribution in [0.2, 0.25) is 0 Å². The van der Waals surface area contributed by atoms with Crippen molar-refractivity contribution in [2.75, 3.05) is 0 Å². The molecule has 4 nitrogen and oxygen atoms in total. The van der Waals surface area contributed by atoms with Gasteiger partial charge in [-0.05, 0) is 11.4 Å². The molecule has 5 heteroatoms. The summed E-state index contributed by atoms with van der Waals surface area (Å²) in [7, 11) is 1.64. The van der Waals surface area contributed by atoms with Crippen LogP contribution in [-0.2, 0) is 13.6 Å². The minimum Gasteiger partial charge on any atom is -0.326 e. The van der Waals surface area contributed by atoms with Crippen LogP contribution in [0.3, 0.4) is 0 Å². The molecule has 0 aliphatic heterocycles. The summed E-state index contributed by atoms with van der Waals surface area (Å²) in [5.41, 5.74) is 7.06. The van der Waals surface area contributed by atoms with E-state index < -0.39 is 0 Å². The highest BCUT2D eigenvalue weighted by Gasteiger charge is 2.08. The number of aromatic nitrogens is 2. The van der Waals surface area contributed by atoms with E-state index >= 15 is 0 Å². The van der Waals surface area contributed by atoms with Gasteiger partial charge in [-0.15, -0.1) is 11.3 Å². The number of aryl methyl sites for hydroxylation is 1. The summed E-state index contributed by atoms with van der Waals surface area (Å²) in [6.07, 6.45) is 0. The molecule has 0 atom stereocenters. The van der Waals surface area contributed by atoms with Gasteiger partial charge in [0.1, 0.15) is 5.69 Å². The summed E-state index contributed by atoms with van der Waals surface area (Å²) >= 11 is 1.59. The molecule has 2 aromatic heterocycles. The molecule has 2 aromatic rings. The lowest BCUT2D eigenvalue weighted by Crippen LogP contribution is -2.21. The monoisotopic (exact) mass is 221 g/mol. The van der Waals surface area contributed by atoms with E-state index in [1.807, 2.05) is 17.5 Å². The standard InChI is InChI=1S/C10H11N3OS/c1-13-9(14)5-7(6-11)10(12-13)8-3-2-4-15-8/h2-5H,6,11H2,1H3. The second kappa shape index (κ2) is 3.96. The Balaban J connectivity index is 2.65. The normalized spacial score (nSPS) is 10.5. The molecule has 0 bridgehead atoms. The predicted molar refractivity (Wildman–Crippen MR) is 60.7 cm³/mol. The van der Waals surface area contributed by atoms with Crippen LogP contribution < -0.4 is 11.3 Å². The smallest absolute Gasteiger partial charge is 0.266 e. The van der Waals surface area contributed by atoms with Gasteiger partial charge in [0.2, 0.25) is 0 Å². The summed E-state index contributed by atoms with van der Waals surface area (Å²) in [6, 6.07) is 5.46. The quantitative estimate of drug-likeness (QED) is 0.822. The van der Waals surface area contributed by atoms with Crippen LogP contribution >= 0.6 is 11.3 Å². The van der Waals surface area contributed by atoms with Gasteiger partial charge in [0.25, 0.3) is 5.56 Å². The lowest BCUT2D eigenvalue weighted by atomic mass is 10.2. The van der Waals surface area contributed by atoms with Gasteiger partial charge in [-0.1, -0.05) is 6.07 Å². The summed E-state index contributed by atoms with van der Waals surface area (Å²) in [4.78, 5) is 12.4. The van der Waals surface area contributed by atoms with Gasteiger partial charge in [0.05, 0.1) is 4.88 Å². The first kappa shape index (κ1) is 10.1. The van der Waals surface area contributed by atoms with Gasteiger partial charge in [0, 0.05) is 25.2 Å². The van der Waals surface area contributed by atoms with Gasteiger partial charge < -0.3 is 5.73 Å². The Morgan fingerprint density at radius 3 is 3.00 bits per heavy atom. The Hall–Kier alpha value is -1.46. The average molecular weight is 221 g/mol. The van der Waals surface area contributed by atoms with Gasteiger partial charge in [0.15, 0.2) is 0 Å². The van der Waals surface area contributed by atoms with E-state index in [2.05, 4.69) is 5.10 Å². The van der Waals surface area contributed by atoms with Crippen molar-refractivity contribution in [3.05, 3.63) is 39.5 Å². The number of thiophene rings is 1. The SMILES string of the molecule is Cn1nc(-c2cccs2)c(CN)cc1=O. The zero-order valence-corrected chi connectivity index (χ0v) is 9.12. The van der Waals surface area contributed by atoms with Crippen LogP contribution in [-0.4, -0.2) is 9.78 Å². The zero-order valence-electron chi connectivity index (χ0n) is 8.30. The number of hydrogen-bond donors (Lipinski definition) is 1. The van der Waals surface area contributed by atoms with E-state index in [-0.39, 0.29) is 5.56 Å². The first-order valence-electron chi connectivity index (χ1n) is 4.53. The molecule has 0 radical (unpaired) electrons. The zero-order chi connectivity index (χ0) is 10.8. The Morgan fingerprint density at radius 1 is 1.60 bits per heavy atom. The van der Waals surface area contributed by atoms with E-state index in [0.717, 1.165) is 16.1 Å². The van der Waals surface area contributed by atoms with Crippen LogP contribution in [0, 0.1) is 0 Å². The highest BCUT2D eigenvalue weighted by Crippen LogP contribution is 2.24. The summed E-state index contributed by atoms with van der Waals surface area (Å²) < 4.78 is 1.33. The second-order valence-corrected chi connectivity index (χ2v) is 4.11. The van der Waals surface area contributed by atoms with E-state index in [1.165, 1.54) is 4.68 Å². The van der Waals surface area contributed by atoms with Gasteiger partial charge >= 0.3 is 0 Å². The fraction of sp³-hybridized carbons (Fsp3) is 0.200. The van der Waals surface area contributed by atoms with E-state index in [0.29, 0.717) is 6.54 Å². The van der Waals surface area contributed by atoms with Crippen molar-refractivity contribution >= 4 is 11.3 Å². The second-order valence-electron chi connectivity index (χ2n) is 3.16. The molecule has 0 aliphatic rings. The Morgan fingerprint density at radius 2 is 2.40 bits per heavy atom. The topological polar surface area (TPSA) is 60.9 Å². The largest absolute Gasteiger partial charge is 0.326 e. The Bertz CT molecular complexity index is 516. The lowest BCUT2D eigenvalue weighted by molar-refractivity contribution is 0.705. The van der Waals surface area contributed by atoms with E-state index in [1.54, 1.807) is 24.5 Å². The van der Waals surface area contributed by atoms with Crippen molar-refractivity contribution in [2.45, 2.75) is 6.54 Å². The number of hydrogen-bond acceptors (Lipinski definition) is 4. The van der Waals surface area contributed by atoms with Crippen LogP contribution in [0.5, 0.6) is 0 Å². The number of nitrogens with two attached hydrogens (primary N) is 1. The molecular weight excluding hydrogens is 210 g/mol. The molecule has 2 rings (SSSR count). The van der Waals surface area contributed by atoms with Crippen molar-refractivity contribution in [3.63, 3.8) is 0 Å². The van der Waals surface area contributed by atoms with Gasteiger partial charge in [-0.2, -0.15) is 5.10 Å². The van der Waals surface area contributed by atoms with Crippen LogP contribution in [0.15, 0.2) is 28.4 Å². The molecular formula is C10H11N3OS. The maximum atomic E-state index is 11.4. The fourth-order valence-corrected chi connectivity index (χ4v) is 2.10. The molecule has 0 aliphatic carbocycles.